The van der Waals surface area contributed by atoms with Gasteiger partial charge in [-0.1, -0.05) is 0 Å². The monoisotopic (exact) mass is 298 g/mol. The maximum atomic E-state index is 13.1. The highest BCUT2D eigenvalue weighted by atomic mass is 32.1. The number of nitrogens with one attached hydrogen (secondary N) is 1. The molecule has 0 bridgehead atoms. The fourth-order valence-electron chi connectivity index (χ4n) is 1.51. The first-order valence-corrected chi connectivity index (χ1v) is 6.80. The molecule has 0 spiro atoms. The topological polar surface area (TPSA) is 62.2 Å². The van der Waals surface area contributed by atoms with Gasteiger partial charge < -0.3 is 10.4 Å². The Kier molecular flexibility index (Phi) is 4.75. The van der Waals surface area contributed by atoms with Crippen molar-refractivity contribution >= 4 is 17.2 Å². The number of hydrogen-bond acceptors (Lipinski definition) is 4. The van der Waals surface area contributed by atoms with Gasteiger partial charge in [-0.25, -0.2) is 13.8 Å². The van der Waals surface area contributed by atoms with E-state index in [4.69, 9.17) is 5.11 Å². The second-order valence-corrected chi connectivity index (χ2v) is 4.86. The first-order valence-electron chi connectivity index (χ1n) is 5.92. The lowest BCUT2D eigenvalue weighted by molar-refractivity contribution is 0.0947. The number of halogens is 2. The maximum Gasteiger partial charge on any atom is 0.270 e. The SMILES string of the molecule is O=C(NCCCO)c1csc(-c2ccc(F)c(F)c2)n1. The quantitative estimate of drug-likeness (QED) is 0.832. The van der Waals surface area contributed by atoms with Crippen molar-refractivity contribution in [3.63, 3.8) is 0 Å². The number of hydrogen-bond donors (Lipinski definition) is 2. The van der Waals surface area contributed by atoms with Crippen LogP contribution in [0, 0.1) is 11.6 Å². The van der Waals surface area contributed by atoms with Crippen LogP contribution in [0.1, 0.15) is 16.9 Å². The molecule has 20 heavy (non-hydrogen) atoms. The predicted molar refractivity (Wildman–Crippen MR) is 71.5 cm³/mol. The largest absolute Gasteiger partial charge is 0.396 e. The van der Waals surface area contributed by atoms with Gasteiger partial charge in [-0.2, -0.15) is 0 Å². The smallest absolute Gasteiger partial charge is 0.270 e. The van der Waals surface area contributed by atoms with Gasteiger partial charge in [-0.05, 0) is 24.6 Å². The normalized spacial score (nSPS) is 10.6. The molecule has 0 unspecified atom stereocenters. The molecule has 0 radical (unpaired) electrons. The second-order valence-electron chi connectivity index (χ2n) is 4.00. The van der Waals surface area contributed by atoms with Crippen LogP contribution in [-0.2, 0) is 0 Å². The van der Waals surface area contributed by atoms with Gasteiger partial charge in [0.15, 0.2) is 11.6 Å². The predicted octanol–water partition coefficient (Wildman–Crippen LogP) is 2.20. The number of carbonyl (C=O) groups is 1. The molecular weight excluding hydrogens is 286 g/mol. The maximum absolute atomic E-state index is 13.1. The number of rotatable bonds is 5. The van der Waals surface area contributed by atoms with Gasteiger partial charge in [0.05, 0.1) is 0 Å². The van der Waals surface area contributed by atoms with E-state index < -0.39 is 11.6 Å². The van der Waals surface area contributed by atoms with Crippen LogP contribution in [0.25, 0.3) is 10.6 Å². The van der Waals surface area contributed by atoms with E-state index in [-0.39, 0.29) is 18.2 Å². The van der Waals surface area contributed by atoms with E-state index in [1.807, 2.05) is 0 Å². The number of carbonyl (C=O) groups excluding carboxylic acids is 1. The minimum Gasteiger partial charge on any atom is -0.396 e. The second kappa shape index (κ2) is 6.53. The average molecular weight is 298 g/mol. The molecule has 0 fully saturated rings. The van der Waals surface area contributed by atoms with Gasteiger partial charge in [-0.15, -0.1) is 11.3 Å². The van der Waals surface area contributed by atoms with E-state index in [1.165, 1.54) is 17.4 Å². The van der Waals surface area contributed by atoms with Gasteiger partial charge in [0.1, 0.15) is 10.7 Å². The van der Waals surface area contributed by atoms with Crippen LogP contribution < -0.4 is 5.32 Å². The third kappa shape index (κ3) is 3.37. The molecule has 1 heterocycles. The van der Waals surface area contributed by atoms with Crippen LogP contribution >= 0.6 is 11.3 Å². The Bertz CT molecular complexity index is 616. The molecule has 7 heteroatoms. The van der Waals surface area contributed by atoms with Gasteiger partial charge in [0.25, 0.3) is 5.91 Å². The number of aliphatic hydroxyl groups excluding tert-OH is 1. The van der Waals surface area contributed by atoms with Gasteiger partial charge >= 0.3 is 0 Å². The lowest BCUT2D eigenvalue weighted by Crippen LogP contribution is -2.25. The summed E-state index contributed by atoms with van der Waals surface area (Å²) in [5.41, 5.74) is 0.635. The molecular formula is C13H12F2N2O2S. The van der Waals surface area contributed by atoms with Gasteiger partial charge in [-0.3, -0.25) is 4.79 Å². The van der Waals surface area contributed by atoms with Crippen LogP contribution in [0.5, 0.6) is 0 Å². The van der Waals surface area contributed by atoms with Crippen LogP contribution in [-0.4, -0.2) is 29.1 Å². The number of aliphatic hydroxyl groups is 1. The van der Waals surface area contributed by atoms with E-state index in [0.29, 0.717) is 23.5 Å². The minimum atomic E-state index is -0.952. The number of aromatic nitrogens is 1. The molecule has 106 valence electrons. The number of nitrogens with zero attached hydrogens (tertiary/aromatic N) is 1. The van der Waals surface area contributed by atoms with E-state index in [1.54, 1.807) is 5.38 Å². The van der Waals surface area contributed by atoms with Crippen LogP contribution in [0.4, 0.5) is 8.78 Å². The van der Waals surface area contributed by atoms with Crippen LogP contribution in [0.3, 0.4) is 0 Å². The highest BCUT2D eigenvalue weighted by molar-refractivity contribution is 7.13. The molecule has 0 aliphatic rings. The fraction of sp³-hybridized carbons (Fsp3) is 0.231. The Morgan fingerprint density at radius 1 is 1.35 bits per heavy atom. The summed E-state index contributed by atoms with van der Waals surface area (Å²) in [6, 6.07) is 3.47. The molecule has 2 aromatic rings. The summed E-state index contributed by atoms with van der Waals surface area (Å²) in [5.74, 6) is -2.23. The molecule has 4 nitrogen and oxygen atoms in total. The molecule has 2 N–H and O–H groups in total. The van der Waals surface area contributed by atoms with Gasteiger partial charge in [0, 0.05) is 24.1 Å². The molecule has 1 aromatic carbocycles. The van der Waals surface area contributed by atoms with Crippen molar-refractivity contribution < 1.29 is 18.7 Å². The van der Waals surface area contributed by atoms with Crippen molar-refractivity contribution in [2.45, 2.75) is 6.42 Å². The highest BCUT2D eigenvalue weighted by Gasteiger charge is 2.12. The molecule has 0 aliphatic heterocycles. The van der Waals surface area contributed by atoms with Crippen molar-refractivity contribution in [2.75, 3.05) is 13.2 Å². The first-order chi connectivity index (χ1) is 9.61. The fourth-order valence-corrected chi connectivity index (χ4v) is 2.31. The summed E-state index contributed by atoms with van der Waals surface area (Å²) < 4.78 is 26.0. The lowest BCUT2D eigenvalue weighted by Gasteiger charge is -2.00. The third-order valence-electron chi connectivity index (χ3n) is 2.52. The molecule has 0 aliphatic carbocycles. The Morgan fingerprint density at radius 3 is 2.85 bits per heavy atom. The molecule has 2 rings (SSSR count). The van der Waals surface area contributed by atoms with Crippen molar-refractivity contribution in [3.8, 4) is 10.6 Å². The molecule has 1 amide bonds. The molecule has 1 aromatic heterocycles. The van der Waals surface area contributed by atoms with E-state index in [0.717, 1.165) is 12.1 Å². The summed E-state index contributed by atoms with van der Waals surface area (Å²) in [5, 5.41) is 13.2. The lowest BCUT2D eigenvalue weighted by atomic mass is 10.2. The Labute approximate surface area is 118 Å². The van der Waals surface area contributed by atoms with Crippen LogP contribution in [0.15, 0.2) is 23.6 Å². The number of benzene rings is 1. The Hall–Kier alpha value is -1.86. The highest BCUT2D eigenvalue weighted by Crippen LogP contribution is 2.25. The standard InChI is InChI=1S/C13H12F2N2O2S/c14-9-3-2-8(6-10(9)15)13-17-11(7-20-13)12(19)16-4-1-5-18/h2-3,6-7,18H,1,4-5H2,(H,16,19). The van der Waals surface area contributed by atoms with Crippen molar-refractivity contribution in [1.29, 1.82) is 0 Å². The van der Waals surface area contributed by atoms with Crippen molar-refractivity contribution in [1.82, 2.24) is 10.3 Å². The third-order valence-corrected chi connectivity index (χ3v) is 3.42. The van der Waals surface area contributed by atoms with Crippen molar-refractivity contribution in [2.24, 2.45) is 0 Å². The molecule has 0 saturated heterocycles. The summed E-state index contributed by atoms with van der Waals surface area (Å²) in [6.07, 6.45) is 0.464. The zero-order chi connectivity index (χ0) is 14.5. The molecule has 0 atom stereocenters. The number of amides is 1. The number of thiazole rings is 1. The molecule has 0 saturated carbocycles. The van der Waals surface area contributed by atoms with Crippen LogP contribution in [0.2, 0.25) is 0 Å². The van der Waals surface area contributed by atoms with E-state index in [9.17, 15) is 13.6 Å². The zero-order valence-electron chi connectivity index (χ0n) is 10.4. The average Bonchev–Trinajstić information content (AvgIpc) is 2.92. The summed E-state index contributed by atoms with van der Waals surface area (Å²) >= 11 is 1.17. The summed E-state index contributed by atoms with van der Waals surface area (Å²) in [4.78, 5) is 15.8. The van der Waals surface area contributed by atoms with Crippen molar-refractivity contribution in [3.05, 3.63) is 40.9 Å². The Balaban J connectivity index is 2.12. The minimum absolute atomic E-state index is 0.00253. The Morgan fingerprint density at radius 2 is 2.15 bits per heavy atom. The first kappa shape index (κ1) is 14.5. The van der Waals surface area contributed by atoms with E-state index in [2.05, 4.69) is 10.3 Å². The van der Waals surface area contributed by atoms with E-state index >= 15 is 0 Å². The zero-order valence-corrected chi connectivity index (χ0v) is 11.2. The summed E-state index contributed by atoms with van der Waals surface area (Å²) in [6.45, 7) is 0.352. The van der Waals surface area contributed by atoms with Gasteiger partial charge in [0.2, 0.25) is 0 Å². The summed E-state index contributed by atoms with van der Waals surface area (Å²) in [7, 11) is 0.